The van der Waals surface area contributed by atoms with Gasteiger partial charge in [0, 0.05) is 5.46 Å². The van der Waals surface area contributed by atoms with E-state index < -0.39 is 23.2 Å². The van der Waals surface area contributed by atoms with Crippen LogP contribution in [0.15, 0.2) is 12.1 Å². The molecule has 1 aliphatic rings. The number of nitrogen functional groups attached to an aromatic ring is 1. The maximum absolute atomic E-state index is 10.9. The molecule has 1 aromatic rings. The van der Waals surface area contributed by atoms with Gasteiger partial charge in [-0.25, -0.2) is 0 Å². The monoisotopic (exact) mass is 294 g/mol. The number of nitro groups is 1. The summed E-state index contributed by atoms with van der Waals surface area (Å²) in [5.41, 5.74) is 5.10. The first-order chi connectivity index (χ1) is 9.59. The molecular weight excluding hydrogens is 275 g/mol. The van der Waals surface area contributed by atoms with Crippen molar-refractivity contribution in [1.82, 2.24) is 0 Å². The molecule has 0 aliphatic carbocycles. The highest BCUT2D eigenvalue weighted by molar-refractivity contribution is 6.63. The minimum atomic E-state index is -0.687. The van der Waals surface area contributed by atoms with E-state index in [1.165, 1.54) is 19.2 Å². The zero-order valence-electron chi connectivity index (χ0n) is 12.8. The van der Waals surface area contributed by atoms with Crippen LogP contribution < -0.4 is 15.9 Å². The second-order valence-electron chi connectivity index (χ2n) is 6.00. The molecule has 1 fully saturated rings. The Kier molecular flexibility index (Phi) is 3.63. The number of benzene rings is 1. The second-order valence-corrected chi connectivity index (χ2v) is 6.00. The van der Waals surface area contributed by atoms with Gasteiger partial charge >= 0.3 is 7.12 Å². The summed E-state index contributed by atoms with van der Waals surface area (Å²) in [5.74, 6) is 0.314. The minimum Gasteiger partial charge on any atom is -0.497 e. The van der Waals surface area contributed by atoms with Crippen LogP contribution in [0.3, 0.4) is 0 Å². The van der Waals surface area contributed by atoms with E-state index in [-0.39, 0.29) is 11.4 Å². The topological polar surface area (TPSA) is 96.9 Å². The van der Waals surface area contributed by atoms with E-state index in [2.05, 4.69) is 0 Å². The highest BCUT2D eigenvalue weighted by atomic mass is 16.7. The second kappa shape index (κ2) is 4.89. The molecule has 2 N–H and O–H groups in total. The van der Waals surface area contributed by atoms with Crippen LogP contribution in [-0.2, 0) is 9.31 Å². The van der Waals surface area contributed by atoms with Crippen molar-refractivity contribution < 1.29 is 19.0 Å². The van der Waals surface area contributed by atoms with E-state index in [9.17, 15) is 10.1 Å². The van der Waals surface area contributed by atoms with Gasteiger partial charge in [0.2, 0.25) is 0 Å². The van der Waals surface area contributed by atoms with E-state index in [1.807, 2.05) is 27.7 Å². The van der Waals surface area contributed by atoms with Crippen LogP contribution in [0.1, 0.15) is 27.7 Å². The van der Waals surface area contributed by atoms with Gasteiger partial charge in [-0.15, -0.1) is 0 Å². The maximum atomic E-state index is 10.9. The summed E-state index contributed by atoms with van der Waals surface area (Å²) >= 11 is 0. The molecule has 0 unspecified atom stereocenters. The van der Waals surface area contributed by atoms with E-state index in [0.717, 1.165) is 0 Å². The summed E-state index contributed by atoms with van der Waals surface area (Å²) in [4.78, 5) is 10.4. The standard InChI is InChI=1S/C13H19BN2O5/c1-12(2)13(3,4)21-14(20-12)8-6-9(15)10(16(17)18)7-11(8)19-5/h6-7H,15H2,1-5H3. The Labute approximate surface area is 123 Å². The van der Waals surface area contributed by atoms with Crippen LogP contribution in [0.2, 0.25) is 0 Å². The van der Waals surface area contributed by atoms with Crippen molar-refractivity contribution in [2.75, 3.05) is 12.8 Å². The quantitative estimate of drug-likeness (QED) is 0.392. The number of rotatable bonds is 3. The van der Waals surface area contributed by atoms with E-state index in [4.69, 9.17) is 19.8 Å². The number of methoxy groups -OCH3 is 1. The third-order valence-corrected chi connectivity index (χ3v) is 4.08. The molecule has 0 bridgehead atoms. The number of ether oxygens (including phenoxy) is 1. The fourth-order valence-corrected chi connectivity index (χ4v) is 2.09. The highest BCUT2D eigenvalue weighted by Gasteiger charge is 2.52. The summed E-state index contributed by atoms with van der Waals surface area (Å²) in [7, 11) is 0.748. The van der Waals surface area contributed by atoms with Gasteiger partial charge in [0.1, 0.15) is 11.4 Å². The first kappa shape index (κ1) is 15.6. The predicted molar refractivity (Wildman–Crippen MR) is 79.8 cm³/mol. The number of hydrogen-bond donors (Lipinski definition) is 1. The Balaban J connectivity index is 2.46. The van der Waals surface area contributed by atoms with Crippen LogP contribution in [0.5, 0.6) is 5.75 Å². The van der Waals surface area contributed by atoms with E-state index in [0.29, 0.717) is 11.2 Å². The molecule has 21 heavy (non-hydrogen) atoms. The molecule has 0 radical (unpaired) electrons. The largest absolute Gasteiger partial charge is 0.498 e. The molecule has 114 valence electrons. The molecule has 0 amide bonds. The molecule has 1 aromatic carbocycles. The van der Waals surface area contributed by atoms with Gasteiger partial charge < -0.3 is 19.8 Å². The third-order valence-electron chi connectivity index (χ3n) is 4.08. The van der Waals surface area contributed by atoms with E-state index >= 15 is 0 Å². The molecule has 7 nitrogen and oxygen atoms in total. The Hall–Kier alpha value is -1.80. The first-order valence-corrected chi connectivity index (χ1v) is 6.56. The van der Waals surface area contributed by atoms with Crippen LogP contribution in [0.4, 0.5) is 11.4 Å². The van der Waals surface area contributed by atoms with Crippen molar-refractivity contribution in [2.24, 2.45) is 0 Å². The van der Waals surface area contributed by atoms with Crippen molar-refractivity contribution in [3.05, 3.63) is 22.2 Å². The molecule has 0 atom stereocenters. The van der Waals surface area contributed by atoms with Crippen LogP contribution in [-0.4, -0.2) is 30.4 Å². The SMILES string of the molecule is COc1cc([N+](=O)[O-])c(N)cc1B1OC(C)(C)C(C)(C)O1. The summed E-state index contributed by atoms with van der Waals surface area (Å²) in [6.07, 6.45) is 0. The van der Waals surface area contributed by atoms with Gasteiger partial charge in [0.25, 0.3) is 5.69 Å². The van der Waals surface area contributed by atoms with Crippen molar-refractivity contribution >= 4 is 24.0 Å². The molecular formula is C13H19BN2O5. The minimum absolute atomic E-state index is 0.0468. The molecule has 1 aliphatic heterocycles. The Morgan fingerprint density at radius 2 is 1.76 bits per heavy atom. The third kappa shape index (κ3) is 2.56. The molecule has 1 heterocycles. The van der Waals surface area contributed by atoms with Gasteiger partial charge in [-0.05, 0) is 33.8 Å². The van der Waals surface area contributed by atoms with Crippen molar-refractivity contribution in [1.29, 1.82) is 0 Å². The van der Waals surface area contributed by atoms with Crippen molar-refractivity contribution in [2.45, 2.75) is 38.9 Å². The highest BCUT2D eigenvalue weighted by Crippen LogP contribution is 2.38. The molecule has 8 heteroatoms. The van der Waals surface area contributed by atoms with Crippen LogP contribution in [0.25, 0.3) is 0 Å². The van der Waals surface area contributed by atoms with Crippen molar-refractivity contribution in [3.63, 3.8) is 0 Å². The van der Waals surface area contributed by atoms with Crippen molar-refractivity contribution in [3.8, 4) is 5.75 Å². The number of nitrogens with zero attached hydrogens (tertiary/aromatic N) is 1. The predicted octanol–water partition coefficient (Wildman–Crippen LogP) is 1.48. The lowest BCUT2D eigenvalue weighted by Gasteiger charge is -2.32. The first-order valence-electron chi connectivity index (χ1n) is 6.56. The lowest BCUT2D eigenvalue weighted by molar-refractivity contribution is -0.383. The van der Waals surface area contributed by atoms with E-state index in [1.54, 1.807) is 0 Å². The number of hydrogen-bond acceptors (Lipinski definition) is 6. The van der Waals surface area contributed by atoms with Gasteiger partial charge in [0.15, 0.2) is 0 Å². The van der Waals surface area contributed by atoms with Crippen LogP contribution in [0, 0.1) is 10.1 Å². The number of anilines is 1. The normalized spacial score (nSPS) is 19.6. The van der Waals surface area contributed by atoms with Crippen LogP contribution >= 0.6 is 0 Å². The Bertz CT molecular complexity index is 572. The smallest absolute Gasteiger partial charge is 0.497 e. The average Bonchev–Trinajstić information content (AvgIpc) is 2.57. The summed E-state index contributed by atoms with van der Waals surface area (Å²) in [6, 6.07) is 2.76. The fraction of sp³-hybridized carbons (Fsp3) is 0.538. The number of nitro benzene ring substituents is 1. The Morgan fingerprint density at radius 1 is 1.24 bits per heavy atom. The average molecular weight is 294 g/mol. The molecule has 0 aromatic heterocycles. The summed E-state index contributed by atoms with van der Waals surface area (Å²) < 4.78 is 17.1. The molecule has 2 rings (SSSR count). The lowest BCUT2D eigenvalue weighted by atomic mass is 9.78. The lowest BCUT2D eigenvalue weighted by Crippen LogP contribution is -2.41. The zero-order chi connectivity index (χ0) is 16.0. The fourth-order valence-electron chi connectivity index (χ4n) is 2.09. The maximum Gasteiger partial charge on any atom is 0.498 e. The van der Waals surface area contributed by atoms with Gasteiger partial charge in [-0.3, -0.25) is 10.1 Å². The molecule has 0 spiro atoms. The molecule has 0 saturated carbocycles. The van der Waals surface area contributed by atoms with Gasteiger partial charge in [-0.2, -0.15) is 0 Å². The van der Waals surface area contributed by atoms with Gasteiger partial charge in [-0.1, -0.05) is 0 Å². The zero-order valence-corrected chi connectivity index (χ0v) is 12.8. The summed E-state index contributed by atoms with van der Waals surface area (Å²) in [6.45, 7) is 7.70. The Morgan fingerprint density at radius 3 is 2.19 bits per heavy atom. The molecule has 1 saturated heterocycles. The van der Waals surface area contributed by atoms with Gasteiger partial charge in [0.05, 0.1) is 29.3 Å². The number of nitrogens with two attached hydrogens (primary N) is 1. The summed E-state index contributed by atoms with van der Waals surface area (Å²) in [5, 5.41) is 10.9.